The lowest BCUT2D eigenvalue weighted by Gasteiger charge is -2.05. The molecule has 0 saturated heterocycles. The number of aromatic nitrogens is 2. The lowest BCUT2D eigenvalue weighted by Crippen LogP contribution is -2.30. The van der Waals surface area contributed by atoms with Gasteiger partial charge in [-0.2, -0.15) is 4.98 Å². The number of aryl methyl sites for hydroxylation is 1. The zero-order valence-corrected chi connectivity index (χ0v) is 14.1. The standard InChI is InChI=1S/C19H17N3O4/c1-13-6-5-9-15(10-13)19(24)20-11-17(23)25-12-16-21-18(22-26-16)14-7-3-2-4-8-14/h2-10H,11-12H2,1H3,(H,20,24). The average molecular weight is 351 g/mol. The third-order valence-electron chi connectivity index (χ3n) is 3.53. The van der Waals surface area contributed by atoms with Crippen molar-refractivity contribution >= 4 is 11.9 Å². The van der Waals surface area contributed by atoms with Crippen LogP contribution in [0, 0.1) is 6.92 Å². The Bertz CT molecular complexity index is 906. The first-order valence-electron chi connectivity index (χ1n) is 8.00. The second kappa shape index (κ2) is 8.06. The molecule has 0 aliphatic heterocycles. The van der Waals surface area contributed by atoms with Crippen LogP contribution in [0.1, 0.15) is 21.8 Å². The van der Waals surface area contributed by atoms with Gasteiger partial charge in [0.25, 0.3) is 11.8 Å². The van der Waals surface area contributed by atoms with Crippen molar-refractivity contribution in [1.82, 2.24) is 15.5 Å². The van der Waals surface area contributed by atoms with Gasteiger partial charge in [-0.15, -0.1) is 0 Å². The van der Waals surface area contributed by atoms with Gasteiger partial charge in [0.15, 0.2) is 6.61 Å². The first-order valence-corrected chi connectivity index (χ1v) is 8.00. The molecule has 7 nitrogen and oxygen atoms in total. The van der Waals surface area contributed by atoms with Crippen molar-refractivity contribution in [3.05, 3.63) is 71.6 Å². The van der Waals surface area contributed by atoms with E-state index in [1.807, 2.05) is 43.3 Å². The molecule has 3 rings (SSSR count). The first kappa shape index (κ1) is 17.3. The Morgan fingerprint density at radius 2 is 1.92 bits per heavy atom. The Kier molecular flexibility index (Phi) is 5.38. The minimum atomic E-state index is -0.592. The highest BCUT2D eigenvalue weighted by atomic mass is 16.6. The SMILES string of the molecule is Cc1cccc(C(=O)NCC(=O)OCc2nc(-c3ccccc3)no2)c1. The lowest BCUT2D eigenvalue weighted by molar-refractivity contribution is -0.144. The monoisotopic (exact) mass is 351 g/mol. The molecule has 0 aliphatic carbocycles. The number of nitrogens with zero attached hydrogens (tertiary/aromatic N) is 2. The van der Waals surface area contributed by atoms with E-state index in [2.05, 4.69) is 15.5 Å². The fourth-order valence-electron chi connectivity index (χ4n) is 2.25. The summed E-state index contributed by atoms with van der Waals surface area (Å²) in [4.78, 5) is 27.9. The number of carbonyl (C=O) groups excluding carboxylic acids is 2. The third kappa shape index (κ3) is 4.54. The molecule has 0 saturated carbocycles. The molecule has 0 fully saturated rings. The van der Waals surface area contributed by atoms with E-state index in [4.69, 9.17) is 9.26 Å². The van der Waals surface area contributed by atoms with Crippen molar-refractivity contribution in [2.45, 2.75) is 13.5 Å². The van der Waals surface area contributed by atoms with Crippen molar-refractivity contribution < 1.29 is 18.8 Å². The van der Waals surface area contributed by atoms with Gasteiger partial charge in [-0.25, -0.2) is 0 Å². The Hall–Kier alpha value is -3.48. The van der Waals surface area contributed by atoms with Gasteiger partial charge in [0.1, 0.15) is 6.54 Å². The van der Waals surface area contributed by atoms with Crippen molar-refractivity contribution in [3.8, 4) is 11.4 Å². The quantitative estimate of drug-likeness (QED) is 0.686. The van der Waals surface area contributed by atoms with Crippen molar-refractivity contribution in [2.24, 2.45) is 0 Å². The van der Waals surface area contributed by atoms with Crippen LogP contribution < -0.4 is 5.32 Å². The predicted octanol–water partition coefficient (Wildman–Crippen LogP) is 2.52. The summed E-state index contributed by atoms with van der Waals surface area (Å²) in [5.74, 6) is -0.327. The number of hydrogen-bond acceptors (Lipinski definition) is 6. The largest absolute Gasteiger partial charge is 0.454 e. The molecular formula is C19H17N3O4. The van der Waals surface area contributed by atoms with E-state index >= 15 is 0 Å². The minimum Gasteiger partial charge on any atom is -0.454 e. The Balaban J connectivity index is 1.47. The zero-order valence-electron chi connectivity index (χ0n) is 14.1. The third-order valence-corrected chi connectivity index (χ3v) is 3.53. The number of amides is 1. The van der Waals surface area contributed by atoms with Gasteiger partial charge in [0.05, 0.1) is 0 Å². The number of rotatable bonds is 6. The molecular weight excluding hydrogens is 334 g/mol. The molecule has 0 spiro atoms. The van der Waals surface area contributed by atoms with Crippen LogP contribution in [0.5, 0.6) is 0 Å². The van der Waals surface area contributed by atoms with Gasteiger partial charge < -0.3 is 14.6 Å². The van der Waals surface area contributed by atoms with Crippen LogP contribution in [-0.2, 0) is 16.1 Å². The van der Waals surface area contributed by atoms with E-state index in [1.54, 1.807) is 18.2 Å². The molecule has 0 atom stereocenters. The number of esters is 1. The summed E-state index contributed by atoms with van der Waals surface area (Å²) in [7, 11) is 0. The zero-order chi connectivity index (χ0) is 18.4. The number of carbonyl (C=O) groups is 2. The van der Waals surface area contributed by atoms with Crippen LogP contribution in [0.2, 0.25) is 0 Å². The normalized spacial score (nSPS) is 10.3. The van der Waals surface area contributed by atoms with Crippen molar-refractivity contribution in [1.29, 1.82) is 0 Å². The van der Waals surface area contributed by atoms with E-state index in [1.165, 1.54) is 0 Å². The molecule has 0 radical (unpaired) electrons. The molecule has 3 aromatic rings. The fraction of sp³-hybridized carbons (Fsp3) is 0.158. The number of ether oxygens (including phenoxy) is 1. The smallest absolute Gasteiger partial charge is 0.325 e. The molecule has 0 unspecified atom stereocenters. The van der Waals surface area contributed by atoms with Crippen LogP contribution in [0.25, 0.3) is 11.4 Å². The second-order valence-corrected chi connectivity index (χ2v) is 5.59. The van der Waals surface area contributed by atoms with Crippen LogP contribution in [0.15, 0.2) is 59.1 Å². The highest BCUT2D eigenvalue weighted by Gasteiger charge is 2.12. The van der Waals surface area contributed by atoms with E-state index in [9.17, 15) is 9.59 Å². The molecule has 132 valence electrons. The van der Waals surface area contributed by atoms with E-state index < -0.39 is 5.97 Å². The van der Waals surface area contributed by atoms with Crippen LogP contribution in [0.4, 0.5) is 0 Å². The minimum absolute atomic E-state index is 0.154. The summed E-state index contributed by atoms with van der Waals surface area (Å²) >= 11 is 0. The van der Waals surface area contributed by atoms with Crippen LogP contribution in [0.3, 0.4) is 0 Å². The van der Waals surface area contributed by atoms with Crippen LogP contribution in [-0.4, -0.2) is 28.6 Å². The maximum Gasteiger partial charge on any atom is 0.325 e. The molecule has 1 amide bonds. The summed E-state index contributed by atoms with van der Waals surface area (Å²) in [6.45, 7) is 1.49. The number of hydrogen-bond donors (Lipinski definition) is 1. The predicted molar refractivity (Wildman–Crippen MR) is 93.0 cm³/mol. The van der Waals surface area contributed by atoms with Gasteiger partial charge >= 0.3 is 5.97 Å². The lowest BCUT2D eigenvalue weighted by atomic mass is 10.1. The van der Waals surface area contributed by atoms with E-state index in [-0.39, 0.29) is 24.9 Å². The highest BCUT2D eigenvalue weighted by molar-refractivity contribution is 5.96. The summed E-state index contributed by atoms with van der Waals surface area (Å²) in [6.07, 6.45) is 0. The first-order chi connectivity index (χ1) is 12.6. The van der Waals surface area contributed by atoms with E-state index in [0.29, 0.717) is 11.4 Å². The highest BCUT2D eigenvalue weighted by Crippen LogP contribution is 2.15. The van der Waals surface area contributed by atoms with Gasteiger partial charge in [-0.3, -0.25) is 9.59 Å². The summed E-state index contributed by atoms with van der Waals surface area (Å²) in [6, 6.07) is 16.4. The number of nitrogens with one attached hydrogen (secondary N) is 1. The molecule has 0 aliphatic rings. The molecule has 26 heavy (non-hydrogen) atoms. The van der Waals surface area contributed by atoms with Gasteiger partial charge in [-0.05, 0) is 19.1 Å². The van der Waals surface area contributed by atoms with Crippen molar-refractivity contribution in [2.75, 3.05) is 6.54 Å². The van der Waals surface area contributed by atoms with Gasteiger partial charge in [0, 0.05) is 11.1 Å². The Morgan fingerprint density at radius 3 is 2.69 bits per heavy atom. The fourth-order valence-corrected chi connectivity index (χ4v) is 2.25. The van der Waals surface area contributed by atoms with Crippen LogP contribution >= 0.6 is 0 Å². The maximum atomic E-state index is 12.0. The molecule has 2 aromatic carbocycles. The maximum absolute atomic E-state index is 12.0. The topological polar surface area (TPSA) is 94.3 Å². The van der Waals surface area contributed by atoms with Crippen molar-refractivity contribution in [3.63, 3.8) is 0 Å². The number of benzene rings is 2. The van der Waals surface area contributed by atoms with E-state index in [0.717, 1.165) is 11.1 Å². The molecule has 1 heterocycles. The average Bonchev–Trinajstić information content (AvgIpc) is 3.14. The summed E-state index contributed by atoms with van der Waals surface area (Å²) < 4.78 is 10.1. The summed E-state index contributed by atoms with van der Waals surface area (Å²) in [5.41, 5.74) is 2.26. The second-order valence-electron chi connectivity index (χ2n) is 5.59. The molecule has 1 aromatic heterocycles. The Morgan fingerprint density at radius 1 is 1.12 bits per heavy atom. The Labute approximate surface area is 150 Å². The van der Waals surface area contributed by atoms with Gasteiger partial charge in [-0.1, -0.05) is 53.2 Å². The molecule has 1 N–H and O–H groups in total. The van der Waals surface area contributed by atoms with Gasteiger partial charge in [0.2, 0.25) is 5.82 Å². The molecule has 7 heteroatoms. The molecule has 0 bridgehead atoms. The summed E-state index contributed by atoms with van der Waals surface area (Å²) in [5, 5.41) is 6.35.